The lowest BCUT2D eigenvalue weighted by Gasteiger charge is -2.07. The molecule has 8 heteroatoms. The van der Waals surface area contributed by atoms with Crippen LogP contribution in [0.25, 0.3) is 6.08 Å². The molecule has 1 amide bonds. The molecule has 0 unspecified atom stereocenters. The van der Waals surface area contributed by atoms with Gasteiger partial charge < -0.3 is 19.3 Å². The van der Waals surface area contributed by atoms with Crippen molar-refractivity contribution >= 4 is 35.2 Å². The quantitative estimate of drug-likeness (QED) is 0.807. The number of hydrogen-bond acceptors (Lipinski definition) is 5. The van der Waals surface area contributed by atoms with E-state index in [-0.39, 0.29) is 23.1 Å². The minimum absolute atomic E-state index is 0.0276. The highest BCUT2D eigenvalue weighted by atomic mass is 35.5. The Bertz CT molecular complexity index is 909. The van der Waals surface area contributed by atoms with Gasteiger partial charge in [0.25, 0.3) is 5.91 Å². The molecule has 0 saturated carbocycles. The molecule has 0 fully saturated rings. The third-order valence-electron chi connectivity index (χ3n) is 3.53. The monoisotopic (exact) mass is 374 g/mol. The number of nitrogens with zero attached hydrogens (tertiary/aromatic N) is 1. The van der Waals surface area contributed by atoms with Crippen molar-refractivity contribution in [1.29, 1.82) is 0 Å². The van der Waals surface area contributed by atoms with E-state index in [1.165, 1.54) is 25.3 Å². The maximum atomic E-state index is 12.2. The van der Waals surface area contributed by atoms with Crippen molar-refractivity contribution in [2.24, 2.45) is 0 Å². The number of carbonyl (C=O) groups excluding carboxylic acids is 1. The number of carboxylic acids is 1. The molecule has 2 aromatic rings. The van der Waals surface area contributed by atoms with Crippen molar-refractivity contribution in [2.75, 3.05) is 13.9 Å². The molecule has 26 heavy (non-hydrogen) atoms. The van der Waals surface area contributed by atoms with Gasteiger partial charge >= 0.3 is 5.97 Å². The molecule has 133 valence electrons. The lowest BCUT2D eigenvalue weighted by molar-refractivity contribution is -0.116. The first kappa shape index (κ1) is 17.6. The summed E-state index contributed by atoms with van der Waals surface area (Å²) in [5.41, 5.74) is 0.487. The van der Waals surface area contributed by atoms with Gasteiger partial charge in [-0.05, 0) is 35.9 Å². The highest BCUT2D eigenvalue weighted by molar-refractivity contribution is 6.44. The van der Waals surface area contributed by atoms with Gasteiger partial charge in [0.15, 0.2) is 11.5 Å². The minimum atomic E-state index is -1.18. The Hall–Kier alpha value is -3.19. The fourth-order valence-electron chi connectivity index (χ4n) is 2.36. The molecule has 7 nitrogen and oxygen atoms in total. The number of hydrogen-bond donors (Lipinski definition) is 1. The van der Waals surface area contributed by atoms with Crippen LogP contribution in [0.1, 0.15) is 15.9 Å². The fraction of sp³-hybridized carbons (Fsp3) is 0.111. The predicted octanol–water partition coefficient (Wildman–Crippen LogP) is 3.16. The highest BCUT2D eigenvalue weighted by Crippen LogP contribution is 2.42. The standard InChI is InChI=1S/C18H13ClNO6/c1-24-14-7-10(8-15-16(14)26-9-25-15)6-12(19)17(21)20-13-5-3-2-4-11(13)18(22)23/h2-8H,9H2,1H3,(H,22,23)/b12-6-. The summed E-state index contributed by atoms with van der Waals surface area (Å²) in [5, 5.41) is 12.7. The maximum Gasteiger partial charge on any atom is 0.337 e. The van der Waals surface area contributed by atoms with Crippen LogP contribution in [-0.4, -0.2) is 30.9 Å². The fourth-order valence-corrected chi connectivity index (χ4v) is 2.52. The van der Waals surface area contributed by atoms with Gasteiger partial charge in [-0.15, -0.1) is 0 Å². The largest absolute Gasteiger partial charge is 0.493 e. The van der Waals surface area contributed by atoms with Crippen molar-refractivity contribution in [3.63, 3.8) is 0 Å². The lowest BCUT2D eigenvalue weighted by Crippen LogP contribution is -2.13. The average molecular weight is 375 g/mol. The molecular weight excluding hydrogens is 362 g/mol. The molecule has 0 bridgehead atoms. The zero-order valence-electron chi connectivity index (χ0n) is 13.6. The number of halogens is 1. The van der Waals surface area contributed by atoms with Crippen LogP contribution < -0.4 is 19.5 Å². The Balaban J connectivity index is 1.84. The molecule has 1 radical (unpaired) electrons. The van der Waals surface area contributed by atoms with Gasteiger partial charge in [-0.3, -0.25) is 4.79 Å². The van der Waals surface area contributed by atoms with Crippen molar-refractivity contribution in [3.8, 4) is 17.2 Å². The minimum Gasteiger partial charge on any atom is -0.493 e. The number of carbonyl (C=O) groups is 2. The summed E-state index contributed by atoms with van der Waals surface area (Å²) in [4.78, 5) is 23.4. The maximum absolute atomic E-state index is 12.2. The predicted molar refractivity (Wildman–Crippen MR) is 93.1 cm³/mol. The highest BCUT2D eigenvalue weighted by Gasteiger charge is 2.21. The number of amides is 1. The van der Waals surface area contributed by atoms with Gasteiger partial charge in [0, 0.05) is 0 Å². The van der Waals surface area contributed by atoms with Crippen LogP contribution in [0.4, 0.5) is 5.69 Å². The molecule has 1 aliphatic heterocycles. The first-order valence-corrected chi connectivity index (χ1v) is 7.80. The van der Waals surface area contributed by atoms with Crippen molar-refractivity contribution < 1.29 is 28.9 Å². The SMILES string of the molecule is COc1cc(/C=C(\Cl)C(=O)[N]c2ccccc2C(=O)O)cc2c1OCO2. The van der Waals surface area contributed by atoms with Gasteiger partial charge in [0.1, 0.15) is 5.03 Å². The number of para-hydroxylation sites is 1. The van der Waals surface area contributed by atoms with Crippen molar-refractivity contribution in [3.05, 3.63) is 52.6 Å². The number of benzene rings is 2. The second-order valence-electron chi connectivity index (χ2n) is 5.19. The summed E-state index contributed by atoms with van der Waals surface area (Å²) >= 11 is 6.05. The van der Waals surface area contributed by atoms with E-state index in [2.05, 4.69) is 5.32 Å². The van der Waals surface area contributed by atoms with Crippen LogP contribution in [0.3, 0.4) is 0 Å². The summed E-state index contributed by atoms with van der Waals surface area (Å²) in [6, 6.07) is 9.19. The topological polar surface area (TPSA) is 96.2 Å². The van der Waals surface area contributed by atoms with E-state index >= 15 is 0 Å². The molecule has 3 rings (SSSR count). The molecular formula is C18H13ClNO6. The number of methoxy groups -OCH3 is 1. The van der Waals surface area contributed by atoms with Crippen LogP contribution in [-0.2, 0) is 4.79 Å². The van der Waals surface area contributed by atoms with E-state index in [9.17, 15) is 9.59 Å². The van der Waals surface area contributed by atoms with Gasteiger partial charge in [-0.2, -0.15) is 0 Å². The molecule has 0 saturated heterocycles. The normalized spacial score (nSPS) is 12.6. The van der Waals surface area contributed by atoms with Gasteiger partial charge in [-0.1, -0.05) is 23.7 Å². The summed E-state index contributed by atoms with van der Waals surface area (Å²) < 4.78 is 15.8. The molecule has 0 aliphatic carbocycles. The van der Waals surface area contributed by atoms with E-state index in [0.717, 1.165) is 0 Å². The summed E-state index contributed by atoms with van der Waals surface area (Å²) in [6.07, 6.45) is 1.39. The summed E-state index contributed by atoms with van der Waals surface area (Å²) in [6.45, 7) is 0.0762. The molecule has 1 heterocycles. The molecule has 2 aromatic carbocycles. The van der Waals surface area contributed by atoms with E-state index in [1.807, 2.05) is 0 Å². The first-order chi connectivity index (χ1) is 12.5. The summed E-state index contributed by atoms with van der Waals surface area (Å²) in [5.74, 6) is -0.557. The molecule has 1 N–H and O–H groups in total. The van der Waals surface area contributed by atoms with E-state index in [1.54, 1.807) is 24.3 Å². The second-order valence-corrected chi connectivity index (χ2v) is 5.60. The van der Waals surface area contributed by atoms with Gasteiger partial charge in [0.05, 0.1) is 18.4 Å². The molecule has 1 aliphatic rings. The number of fused-ring (bicyclic) bond motifs is 1. The molecule has 0 spiro atoms. The lowest BCUT2D eigenvalue weighted by atomic mass is 10.1. The third kappa shape index (κ3) is 3.57. The smallest absolute Gasteiger partial charge is 0.337 e. The molecule has 0 atom stereocenters. The number of aromatic carboxylic acids is 1. The van der Waals surface area contributed by atoms with Crippen LogP contribution in [0.2, 0.25) is 0 Å². The average Bonchev–Trinajstić information content (AvgIpc) is 3.09. The molecule has 0 aromatic heterocycles. The Morgan fingerprint density at radius 3 is 2.77 bits per heavy atom. The van der Waals surface area contributed by atoms with Crippen molar-refractivity contribution in [2.45, 2.75) is 0 Å². The van der Waals surface area contributed by atoms with Crippen LogP contribution in [0.5, 0.6) is 17.2 Å². The van der Waals surface area contributed by atoms with Crippen molar-refractivity contribution in [1.82, 2.24) is 5.32 Å². The third-order valence-corrected chi connectivity index (χ3v) is 3.81. The first-order valence-electron chi connectivity index (χ1n) is 7.43. The van der Waals surface area contributed by atoms with Gasteiger partial charge in [-0.25, -0.2) is 10.1 Å². The number of carboxylic acid groups (broad SMARTS) is 1. The zero-order chi connectivity index (χ0) is 18.7. The Labute approximate surface area is 153 Å². The second kappa shape index (κ2) is 7.37. The van der Waals surface area contributed by atoms with E-state index < -0.39 is 11.9 Å². The van der Waals surface area contributed by atoms with E-state index in [4.69, 9.17) is 30.9 Å². The van der Waals surface area contributed by atoms with Crippen LogP contribution >= 0.6 is 11.6 Å². The Kier molecular flexibility index (Phi) is 4.99. The Morgan fingerprint density at radius 1 is 1.27 bits per heavy atom. The number of rotatable bonds is 5. The van der Waals surface area contributed by atoms with E-state index in [0.29, 0.717) is 22.8 Å². The summed E-state index contributed by atoms with van der Waals surface area (Å²) in [7, 11) is 1.48. The van der Waals surface area contributed by atoms with Gasteiger partial charge in [0.2, 0.25) is 12.5 Å². The van der Waals surface area contributed by atoms with Crippen LogP contribution in [0.15, 0.2) is 41.4 Å². The van der Waals surface area contributed by atoms with Crippen LogP contribution in [0, 0.1) is 0 Å². The Morgan fingerprint density at radius 2 is 2.04 bits per heavy atom. The zero-order valence-corrected chi connectivity index (χ0v) is 14.3. The number of ether oxygens (including phenoxy) is 3.